The fraction of sp³-hybridized carbons (Fsp3) is 1.00. The highest BCUT2D eigenvalue weighted by atomic mass is 15.1. The molecule has 1 rings (SSSR count). The van der Waals surface area contributed by atoms with Crippen LogP contribution in [0.2, 0.25) is 0 Å². The minimum absolute atomic E-state index is 0.749. The second kappa shape index (κ2) is 8.10. The lowest BCUT2D eigenvalue weighted by molar-refractivity contribution is 0.188. The zero-order chi connectivity index (χ0) is 12.7. The van der Waals surface area contributed by atoms with Gasteiger partial charge in [0.25, 0.3) is 0 Å². The van der Waals surface area contributed by atoms with Crippen molar-refractivity contribution in [3.05, 3.63) is 0 Å². The van der Waals surface area contributed by atoms with Crippen molar-refractivity contribution in [3.63, 3.8) is 0 Å². The zero-order valence-corrected chi connectivity index (χ0v) is 12.3. The third-order valence-electron chi connectivity index (χ3n) is 4.09. The number of rotatable bonds is 6. The van der Waals surface area contributed by atoms with Crippen LogP contribution in [-0.2, 0) is 0 Å². The van der Waals surface area contributed by atoms with Gasteiger partial charge >= 0.3 is 0 Å². The van der Waals surface area contributed by atoms with Crippen molar-refractivity contribution in [3.8, 4) is 0 Å². The summed E-state index contributed by atoms with van der Waals surface area (Å²) in [4.78, 5) is 2.64. The standard InChI is InChI=1S/C15H32N2/c1-5-17(11-13(2)3)12-14-9-7-6-8-10-15(14)16-4/h13-16H,5-12H2,1-4H3. The number of nitrogens with one attached hydrogen (secondary N) is 1. The van der Waals surface area contributed by atoms with Gasteiger partial charge in [0.05, 0.1) is 0 Å². The molecule has 102 valence electrons. The van der Waals surface area contributed by atoms with Gasteiger partial charge in [0.2, 0.25) is 0 Å². The molecule has 0 heterocycles. The van der Waals surface area contributed by atoms with Crippen molar-refractivity contribution in [2.75, 3.05) is 26.7 Å². The molecule has 1 aliphatic rings. The van der Waals surface area contributed by atoms with Gasteiger partial charge in [-0.05, 0) is 38.3 Å². The summed E-state index contributed by atoms with van der Waals surface area (Å²) in [5.41, 5.74) is 0. The van der Waals surface area contributed by atoms with Gasteiger partial charge in [-0.15, -0.1) is 0 Å². The first kappa shape index (κ1) is 15.0. The number of hydrogen-bond acceptors (Lipinski definition) is 2. The van der Waals surface area contributed by atoms with E-state index in [0.717, 1.165) is 17.9 Å². The molecule has 2 unspecified atom stereocenters. The van der Waals surface area contributed by atoms with Gasteiger partial charge in [-0.1, -0.05) is 40.0 Å². The Hall–Kier alpha value is -0.0800. The summed E-state index contributed by atoms with van der Waals surface area (Å²) in [6, 6.07) is 0.749. The second-order valence-electron chi connectivity index (χ2n) is 6.04. The van der Waals surface area contributed by atoms with E-state index >= 15 is 0 Å². The lowest BCUT2D eigenvalue weighted by Crippen LogP contribution is -2.41. The van der Waals surface area contributed by atoms with E-state index in [2.05, 4.69) is 38.0 Å². The van der Waals surface area contributed by atoms with Crippen LogP contribution < -0.4 is 5.32 Å². The predicted octanol–water partition coefficient (Wildman–Crippen LogP) is 3.13. The molecule has 0 aliphatic heterocycles. The molecule has 1 fully saturated rings. The quantitative estimate of drug-likeness (QED) is 0.718. The highest BCUT2D eigenvalue weighted by Gasteiger charge is 2.24. The molecule has 17 heavy (non-hydrogen) atoms. The second-order valence-corrected chi connectivity index (χ2v) is 6.04. The van der Waals surface area contributed by atoms with Crippen LogP contribution in [0, 0.1) is 11.8 Å². The largest absolute Gasteiger partial charge is 0.317 e. The van der Waals surface area contributed by atoms with E-state index in [4.69, 9.17) is 0 Å². The average Bonchev–Trinajstić information content (AvgIpc) is 2.52. The normalized spacial score (nSPS) is 26.5. The molecule has 0 aromatic heterocycles. The summed E-state index contributed by atoms with van der Waals surface area (Å²) in [5, 5.41) is 3.55. The van der Waals surface area contributed by atoms with Gasteiger partial charge in [-0.25, -0.2) is 0 Å². The first-order chi connectivity index (χ1) is 8.17. The fourth-order valence-corrected chi connectivity index (χ4v) is 3.16. The van der Waals surface area contributed by atoms with Gasteiger partial charge in [0.15, 0.2) is 0 Å². The molecule has 1 aliphatic carbocycles. The molecule has 2 heteroatoms. The smallest absolute Gasteiger partial charge is 0.0104 e. The van der Waals surface area contributed by atoms with Crippen LogP contribution in [0.25, 0.3) is 0 Å². The third-order valence-corrected chi connectivity index (χ3v) is 4.09. The highest BCUT2D eigenvalue weighted by molar-refractivity contribution is 4.81. The molecular weight excluding hydrogens is 208 g/mol. The van der Waals surface area contributed by atoms with Gasteiger partial charge in [0, 0.05) is 19.1 Å². The fourth-order valence-electron chi connectivity index (χ4n) is 3.16. The van der Waals surface area contributed by atoms with Crippen molar-refractivity contribution >= 4 is 0 Å². The van der Waals surface area contributed by atoms with Crippen LogP contribution in [0.1, 0.15) is 52.9 Å². The summed E-state index contributed by atoms with van der Waals surface area (Å²) < 4.78 is 0. The van der Waals surface area contributed by atoms with E-state index in [-0.39, 0.29) is 0 Å². The lowest BCUT2D eigenvalue weighted by Gasteiger charge is -2.31. The molecule has 0 aromatic carbocycles. The minimum atomic E-state index is 0.749. The molecule has 1 N–H and O–H groups in total. The van der Waals surface area contributed by atoms with Crippen molar-refractivity contribution in [1.82, 2.24) is 10.2 Å². The summed E-state index contributed by atoms with van der Waals surface area (Å²) in [7, 11) is 2.14. The van der Waals surface area contributed by atoms with Gasteiger partial charge in [0.1, 0.15) is 0 Å². The van der Waals surface area contributed by atoms with E-state index in [0.29, 0.717) is 0 Å². The molecule has 2 atom stereocenters. The van der Waals surface area contributed by atoms with Crippen molar-refractivity contribution in [1.29, 1.82) is 0 Å². The van der Waals surface area contributed by atoms with Crippen molar-refractivity contribution < 1.29 is 0 Å². The molecular formula is C15H32N2. The Kier molecular flexibility index (Phi) is 7.14. The topological polar surface area (TPSA) is 15.3 Å². The maximum atomic E-state index is 3.55. The third kappa shape index (κ3) is 5.39. The van der Waals surface area contributed by atoms with E-state index in [9.17, 15) is 0 Å². The molecule has 0 saturated heterocycles. The summed E-state index contributed by atoms with van der Waals surface area (Å²) >= 11 is 0. The monoisotopic (exact) mass is 240 g/mol. The first-order valence-corrected chi connectivity index (χ1v) is 7.57. The van der Waals surface area contributed by atoms with Gasteiger partial charge < -0.3 is 10.2 Å². The summed E-state index contributed by atoms with van der Waals surface area (Å²) in [6.45, 7) is 10.7. The average molecular weight is 240 g/mol. The van der Waals surface area contributed by atoms with Gasteiger partial charge in [-0.2, -0.15) is 0 Å². The van der Waals surface area contributed by atoms with Crippen LogP contribution in [0.4, 0.5) is 0 Å². The van der Waals surface area contributed by atoms with Crippen molar-refractivity contribution in [2.24, 2.45) is 11.8 Å². The molecule has 0 radical (unpaired) electrons. The van der Waals surface area contributed by atoms with E-state index < -0.39 is 0 Å². The molecule has 1 saturated carbocycles. The molecule has 0 spiro atoms. The van der Waals surface area contributed by atoms with E-state index in [1.165, 1.54) is 51.7 Å². The number of nitrogens with zero attached hydrogens (tertiary/aromatic N) is 1. The Bertz CT molecular complexity index is 191. The van der Waals surface area contributed by atoms with Crippen molar-refractivity contribution in [2.45, 2.75) is 58.9 Å². The first-order valence-electron chi connectivity index (χ1n) is 7.57. The minimum Gasteiger partial charge on any atom is -0.317 e. The maximum absolute atomic E-state index is 3.55. The van der Waals surface area contributed by atoms with Crippen LogP contribution in [0.5, 0.6) is 0 Å². The Morgan fingerprint density at radius 2 is 1.88 bits per heavy atom. The summed E-state index contributed by atoms with van der Waals surface area (Å²) in [5.74, 6) is 1.65. The Labute approximate surface area is 108 Å². The van der Waals surface area contributed by atoms with Crippen LogP contribution in [-0.4, -0.2) is 37.6 Å². The Morgan fingerprint density at radius 3 is 2.47 bits per heavy atom. The Balaban J connectivity index is 2.49. The highest BCUT2D eigenvalue weighted by Crippen LogP contribution is 2.24. The van der Waals surface area contributed by atoms with Crippen LogP contribution in [0.15, 0.2) is 0 Å². The molecule has 0 aromatic rings. The number of hydrogen-bond donors (Lipinski definition) is 1. The Morgan fingerprint density at radius 1 is 1.18 bits per heavy atom. The van der Waals surface area contributed by atoms with E-state index in [1.807, 2.05) is 0 Å². The van der Waals surface area contributed by atoms with Gasteiger partial charge in [-0.3, -0.25) is 0 Å². The molecule has 0 bridgehead atoms. The van der Waals surface area contributed by atoms with Crippen LogP contribution in [0.3, 0.4) is 0 Å². The van der Waals surface area contributed by atoms with Crippen LogP contribution >= 0.6 is 0 Å². The predicted molar refractivity (Wildman–Crippen MR) is 76.4 cm³/mol. The lowest BCUT2D eigenvalue weighted by atomic mass is 9.94. The molecule has 0 amide bonds. The maximum Gasteiger partial charge on any atom is 0.0104 e. The summed E-state index contributed by atoms with van der Waals surface area (Å²) in [6.07, 6.45) is 7.08. The SMILES string of the molecule is CCN(CC(C)C)CC1CCCCCC1NC. The molecule has 2 nitrogen and oxygen atoms in total. The zero-order valence-electron chi connectivity index (χ0n) is 12.3. The van der Waals surface area contributed by atoms with E-state index in [1.54, 1.807) is 0 Å².